The van der Waals surface area contributed by atoms with Crippen LogP contribution in [0.3, 0.4) is 0 Å². The molecule has 2 aliphatic rings. The number of hydrogen-bond donors (Lipinski definition) is 1. The van der Waals surface area contributed by atoms with Crippen LogP contribution >= 0.6 is 0 Å². The number of likely N-dealkylation sites (tertiary alicyclic amines) is 1. The molecule has 138 valence electrons. The Morgan fingerprint density at radius 2 is 1.92 bits per heavy atom. The molecule has 5 nitrogen and oxygen atoms in total. The van der Waals surface area contributed by atoms with E-state index in [1.807, 2.05) is 13.8 Å². The van der Waals surface area contributed by atoms with Gasteiger partial charge in [0, 0.05) is 32.2 Å². The summed E-state index contributed by atoms with van der Waals surface area (Å²) in [6, 6.07) is 10.8. The second-order valence-corrected chi connectivity index (χ2v) is 7.69. The molecule has 0 bridgehead atoms. The lowest BCUT2D eigenvalue weighted by Crippen LogP contribution is -2.60. The Bertz CT molecular complexity index is 555. The normalized spacial score (nSPS) is 23.4. The van der Waals surface area contributed by atoms with Crippen molar-refractivity contribution < 1.29 is 9.53 Å². The average molecular weight is 345 g/mol. The standard InChI is InChI=1S/C20H31N3O2/c1-20(2,23-11-13-25-14-12-23)19(24)21-18-9-6-10-22(16-18)15-17-7-4-3-5-8-17/h3-5,7-8,18H,6,9-16H2,1-2H3,(H,21,24)/t18-/m0/s1. The predicted molar refractivity (Wildman–Crippen MR) is 99.4 cm³/mol. The lowest BCUT2D eigenvalue weighted by Gasteiger charge is -2.41. The Hall–Kier alpha value is -1.43. The van der Waals surface area contributed by atoms with Gasteiger partial charge in [-0.2, -0.15) is 0 Å². The van der Waals surface area contributed by atoms with Crippen molar-refractivity contribution in [3.05, 3.63) is 35.9 Å². The summed E-state index contributed by atoms with van der Waals surface area (Å²) in [5, 5.41) is 3.31. The quantitative estimate of drug-likeness (QED) is 0.885. The highest BCUT2D eigenvalue weighted by Crippen LogP contribution is 2.19. The van der Waals surface area contributed by atoms with Crippen molar-refractivity contribution in [3.63, 3.8) is 0 Å². The molecule has 1 amide bonds. The summed E-state index contributed by atoms with van der Waals surface area (Å²) < 4.78 is 5.42. The molecule has 0 unspecified atom stereocenters. The van der Waals surface area contributed by atoms with Crippen LogP contribution in [0, 0.1) is 0 Å². The van der Waals surface area contributed by atoms with Gasteiger partial charge in [0.25, 0.3) is 0 Å². The minimum atomic E-state index is -0.481. The number of piperidine rings is 1. The molecule has 1 N–H and O–H groups in total. The number of carbonyl (C=O) groups excluding carboxylic acids is 1. The van der Waals surface area contributed by atoms with Gasteiger partial charge in [0.2, 0.25) is 5.91 Å². The van der Waals surface area contributed by atoms with E-state index in [1.54, 1.807) is 0 Å². The summed E-state index contributed by atoms with van der Waals surface area (Å²) in [5.74, 6) is 0.140. The summed E-state index contributed by atoms with van der Waals surface area (Å²) in [6.07, 6.45) is 2.20. The van der Waals surface area contributed by atoms with Crippen LogP contribution in [0.25, 0.3) is 0 Å². The van der Waals surface area contributed by atoms with Crippen LogP contribution in [0.5, 0.6) is 0 Å². The molecule has 0 spiro atoms. The Kier molecular flexibility index (Phi) is 6.10. The zero-order valence-electron chi connectivity index (χ0n) is 15.5. The first kappa shape index (κ1) is 18.4. The Labute approximate surface area is 151 Å². The molecule has 0 saturated carbocycles. The van der Waals surface area contributed by atoms with E-state index >= 15 is 0 Å². The molecule has 2 fully saturated rings. The van der Waals surface area contributed by atoms with E-state index in [9.17, 15) is 4.79 Å². The molecule has 5 heteroatoms. The maximum atomic E-state index is 12.9. The van der Waals surface area contributed by atoms with Crippen molar-refractivity contribution in [2.45, 2.75) is 44.8 Å². The molecule has 3 rings (SSSR count). The monoisotopic (exact) mass is 345 g/mol. The van der Waals surface area contributed by atoms with Crippen LogP contribution in [-0.2, 0) is 16.1 Å². The topological polar surface area (TPSA) is 44.8 Å². The minimum Gasteiger partial charge on any atom is -0.379 e. The third-order valence-corrected chi connectivity index (χ3v) is 5.45. The number of rotatable bonds is 5. The van der Waals surface area contributed by atoms with Crippen LogP contribution in [0.2, 0.25) is 0 Å². The Morgan fingerprint density at radius 3 is 2.64 bits per heavy atom. The molecule has 1 aromatic rings. The van der Waals surface area contributed by atoms with Crippen LogP contribution < -0.4 is 5.32 Å². The number of morpholine rings is 1. The number of ether oxygens (including phenoxy) is 1. The first-order valence-corrected chi connectivity index (χ1v) is 9.46. The van der Waals surface area contributed by atoms with Gasteiger partial charge in [-0.1, -0.05) is 30.3 Å². The van der Waals surface area contributed by atoms with Crippen molar-refractivity contribution in [2.75, 3.05) is 39.4 Å². The van der Waals surface area contributed by atoms with Crippen LogP contribution in [0.4, 0.5) is 0 Å². The SMILES string of the molecule is CC(C)(C(=O)N[C@H]1CCCN(Cc2ccccc2)C1)N1CCOCC1. The third kappa shape index (κ3) is 4.81. The van der Waals surface area contributed by atoms with Gasteiger partial charge in [-0.15, -0.1) is 0 Å². The van der Waals surface area contributed by atoms with Gasteiger partial charge in [-0.3, -0.25) is 14.6 Å². The number of amides is 1. The largest absolute Gasteiger partial charge is 0.379 e. The van der Waals surface area contributed by atoms with Crippen LogP contribution in [0.1, 0.15) is 32.3 Å². The third-order valence-electron chi connectivity index (χ3n) is 5.45. The second kappa shape index (κ2) is 8.30. The molecule has 2 saturated heterocycles. The van der Waals surface area contributed by atoms with Crippen molar-refractivity contribution >= 4 is 5.91 Å². The fourth-order valence-corrected chi connectivity index (χ4v) is 3.79. The van der Waals surface area contributed by atoms with Crippen molar-refractivity contribution in [1.82, 2.24) is 15.1 Å². The van der Waals surface area contributed by atoms with Crippen molar-refractivity contribution in [1.29, 1.82) is 0 Å². The number of hydrogen-bond acceptors (Lipinski definition) is 4. The van der Waals surface area contributed by atoms with Crippen molar-refractivity contribution in [2.24, 2.45) is 0 Å². The zero-order valence-corrected chi connectivity index (χ0v) is 15.5. The summed E-state index contributed by atoms with van der Waals surface area (Å²) in [4.78, 5) is 17.6. The lowest BCUT2D eigenvalue weighted by molar-refractivity contribution is -0.135. The molecular formula is C20H31N3O2. The van der Waals surface area contributed by atoms with Crippen molar-refractivity contribution in [3.8, 4) is 0 Å². The van der Waals surface area contributed by atoms with Gasteiger partial charge in [0.1, 0.15) is 0 Å². The molecular weight excluding hydrogens is 314 g/mol. The van der Waals surface area contributed by atoms with Gasteiger partial charge in [-0.25, -0.2) is 0 Å². The molecule has 1 aromatic carbocycles. The molecule has 0 aromatic heterocycles. The smallest absolute Gasteiger partial charge is 0.240 e. The molecule has 2 aliphatic heterocycles. The van der Waals surface area contributed by atoms with Gasteiger partial charge in [0.05, 0.1) is 18.8 Å². The maximum absolute atomic E-state index is 12.9. The fourth-order valence-electron chi connectivity index (χ4n) is 3.79. The zero-order chi connectivity index (χ0) is 17.7. The minimum absolute atomic E-state index is 0.140. The van der Waals surface area contributed by atoms with Crippen LogP contribution in [0.15, 0.2) is 30.3 Å². The van der Waals surface area contributed by atoms with E-state index in [2.05, 4.69) is 45.4 Å². The Morgan fingerprint density at radius 1 is 1.20 bits per heavy atom. The number of carbonyl (C=O) groups is 1. The number of nitrogens with one attached hydrogen (secondary N) is 1. The van der Waals surface area contributed by atoms with E-state index in [4.69, 9.17) is 4.74 Å². The van der Waals surface area contributed by atoms with Gasteiger partial charge < -0.3 is 10.1 Å². The van der Waals surface area contributed by atoms with E-state index in [0.29, 0.717) is 13.2 Å². The fraction of sp³-hybridized carbons (Fsp3) is 0.650. The summed E-state index contributed by atoms with van der Waals surface area (Å²) in [7, 11) is 0. The van der Waals surface area contributed by atoms with E-state index in [-0.39, 0.29) is 11.9 Å². The molecule has 2 heterocycles. The summed E-state index contributed by atoms with van der Waals surface area (Å²) in [6.45, 7) is 10.1. The highest BCUT2D eigenvalue weighted by Gasteiger charge is 2.36. The van der Waals surface area contributed by atoms with Gasteiger partial charge in [0.15, 0.2) is 0 Å². The maximum Gasteiger partial charge on any atom is 0.240 e. The predicted octanol–water partition coefficient (Wildman–Crippen LogP) is 1.88. The lowest BCUT2D eigenvalue weighted by atomic mass is 9.98. The highest BCUT2D eigenvalue weighted by atomic mass is 16.5. The first-order valence-electron chi connectivity index (χ1n) is 9.46. The molecule has 25 heavy (non-hydrogen) atoms. The van der Waals surface area contributed by atoms with Gasteiger partial charge in [-0.05, 0) is 38.8 Å². The molecule has 1 atom stereocenters. The number of benzene rings is 1. The van der Waals surface area contributed by atoms with Gasteiger partial charge >= 0.3 is 0 Å². The second-order valence-electron chi connectivity index (χ2n) is 7.69. The van der Waals surface area contributed by atoms with E-state index in [1.165, 1.54) is 5.56 Å². The molecule has 0 aliphatic carbocycles. The average Bonchev–Trinajstić information content (AvgIpc) is 2.63. The first-order chi connectivity index (χ1) is 12.1. The van der Waals surface area contributed by atoms with Crippen LogP contribution in [-0.4, -0.2) is 66.7 Å². The highest BCUT2D eigenvalue weighted by molar-refractivity contribution is 5.85. The number of nitrogens with zero attached hydrogens (tertiary/aromatic N) is 2. The molecule has 0 radical (unpaired) electrons. The van der Waals surface area contributed by atoms with E-state index in [0.717, 1.165) is 45.6 Å². The summed E-state index contributed by atoms with van der Waals surface area (Å²) >= 11 is 0. The summed E-state index contributed by atoms with van der Waals surface area (Å²) in [5.41, 5.74) is 0.856. The Balaban J connectivity index is 1.53. The van der Waals surface area contributed by atoms with E-state index < -0.39 is 5.54 Å².